The maximum absolute atomic E-state index is 5.76. The van der Waals surface area contributed by atoms with E-state index in [4.69, 9.17) is 11.6 Å². The monoisotopic (exact) mass is 223 g/mol. The zero-order valence-corrected chi connectivity index (χ0v) is 9.84. The van der Waals surface area contributed by atoms with Crippen LogP contribution in [0.5, 0.6) is 0 Å². The molecule has 0 unspecified atom stereocenters. The molecule has 15 heavy (non-hydrogen) atoms. The molecule has 1 aliphatic heterocycles. The first-order valence-electron chi connectivity index (χ1n) is 5.80. The van der Waals surface area contributed by atoms with Crippen molar-refractivity contribution in [2.45, 2.75) is 25.7 Å². The minimum Gasteiger partial charge on any atom is -0.371 e. The SMILES string of the molecule is ClCCCN1CCCCc2ccccc21. The zero-order chi connectivity index (χ0) is 10.5. The summed E-state index contributed by atoms with van der Waals surface area (Å²) in [5.41, 5.74) is 2.93. The molecule has 0 fully saturated rings. The first kappa shape index (κ1) is 10.8. The lowest BCUT2D eigenvalue weighted by Gasteiger charge is -2.24. The molecular weight excluding hydrogens is 206 g/mol. The number of hydrogen-bond acceptors (Lipinski definition) is 1. The highest BCUT2D eigenvalue weighted by Crippen LogP contribution is 2.25. The van der Waals surface area contributed by atoms with Crippen molar-refractivity contribution in [2.24, 2.45) is 0 Å². The van der Waals surface area contributed by atoms with Crippen LogP contribution in [0.2, 0.25) is 0 Å². The van der Waals surface area contributed by atoms with E-state index in [1.54, 1.807) is 0 Å². The van der Waals surface area contributed by atoms with Gasteiger partial charge in [0.15, 0.2) is 0 Å². The van der Waals surface area contributed by atoms with E-state index in [0.717, 1.165) is 18.8 Å². The van der Waals surface area contributed by atoms with Gasteiger partial charge in [0.25, 0.3) is 0 Å². The molecule has 0 aliphatic carbocycles. The molecule has 1 aliphatic rings. The van der Waals surface area contributed by atoms with Crippen LogP contribution in [-0.2, 0) is 6.42 Å². The average Bonchev–Trinajstić information content (AvgIpc) is 2.49. The van der Waals surface area contributed by atoms with Gasteiger partial charge in [0.05, 0.1) is 0 Å². The molecule has 0 radical (unpaired) electrons. The number of nitrogens with zero attached hydrogens (tertiary/aromatic N) is 1. The second kappa shape index (κ2) is 5.41. The van der Waals surface area contributed by atoms with E-state index in [-0.39, 0.29) is 0 Å². The molecule has 0 atom stereocenters. The number of para-hydroxylation sites is 1. The second-order valence-corrected chi connectivity index (χ2v) is 4.49. The summed E-state index contributed by atoms with van der Waals surface area (Å²) in [6.45, 7) is 2.29. The van der Waals surface area contributed by atoms with Crippen LogP contribution in [-0.4, -0.2) is 19.0 Å². The van der Waals surface area contributed by atoms with E-state index < -0.39 is 0 Å². The highest BCUT2D eigenvalue weighted by Gasteiger charge is 2.13. The second-order valence-electron chi connectivity index (χ2n) is 4.12. The summed E-state index contributed by atoms with van der Waals surface area (Å²) in [6.07, 6.45) is 4.93. The molecule has 0 N–H and O–H groups in total. The van der Waals surface area contributed by atoms with Crippen LogP contribution < -0.4 is 4.90 Å². The van der Waals surface area contributed by atoms with Gasteiger partial charge >= 0.3 is 0 Å². The molecule has 1 nitrogen and oxygen atoms in total. The van der Waals surface area contributed by atoms with Gasteiger partial charge in [-0.25, -0.2) is 0 Å². The van der Waals surface area contributed by atoms with Crippen molar-refractivity contribution in [3.63, 3.8) is 0 Å². The molecular formula is C13H18ClN. The number of anilines is 1. The van der Waals surface area contributed by atoms with Crippen molar-refractivity contribution < 1.29 is 0 Å². The molecule has 1 aromatic carbocycles. The average molecular weight is 224 g/mol. The molecule has 0 aromatic heterocycles. The highest BCUT2D eigenvalue weighted by molar-refractivity contribution is 6.17. The van der Waals surface area contributed by atoms with Crippen molar-refractivity contribution in [1.29, 1.82) is 0 Å². The lowest BCUT2D eigenvalue weighted by Crippen LogP contribution is -2.25. The number of alkyl halides is 1. The molecule has 1 heterocycles. The summed E-state index contributed by atoms with van der Waals surface area (Å²) in [7, 11) is 0. The fourth-order valence-electron chi connectivity index (χ4n) is 2.25. The summed E-state index contributed by atoms with van der Waals surface area (Å²) in [6, 6.07) is 8.78. The normalized spacial score (nSPS) is 15.9. The van der Waals surface area contributed by atoms with Gasteiger partial charge in [-0.2, -0.15) is 0 Å². The quantitative estimate of drug-likeness (QED) is 0.710. The van der Waals surface area contributed by atoms with Crippen molar-refractivity contribution in [2.75, 3.05) is 23.9 Å². The molecule has 0 amide bonds. The summed E-state index contributed by atoms with van der Waals surface area (Å²) in [5, 5.41) is 0. The summed E-state index contributed by atoms with van der Waals surface area (Å²) < 4.78 is 0. The van der Waals surface area contributed by atoms with Crippen LogP contribution in [0.25, 0.3) is 0 Å². The molecule has 0 bridgehead atoms. The first-order chi connectivity index (χ1) is 7.42. The van der Waals surface area contributed by atoms with Crippen LogP contribution in [0.1, 0.15) is 24.8 Å². The zero-order valence-electron chi connectivity index (χ0n) is 9.08. The molecule has 0 spiro atoms. The number of rotatable bonds is 3. The Kier molecular flexibility index (Phi) is 3.90. The predicted octanol–water partition coefficient (Wildman–Crippen LogP) is 3.46. The summed E-state index contributed by atoms with van der Waals surface area (Å²) in [5.74, 6) is 0.763. The van der Waals surface area contributed by atoms with Crippen molar-refractivity contribution in [1.82, 2.24) is 0 Å². The Labute approximate surface area is 97.0 Å². The Balaban J connectivity index is 2.17. The van der Waals surface area contributed by atoms with Gasteiger partial charge in [0.1, 0.15) is 0 Å². The number of fused-ring (bicyclic) bond motifs is 1. The molecule has 1 aromatic rings. The standard InChI is InChI=1S/C13H18ClN/c14-9-5-11-15-10-4-3-7-12-6-1-2-8-13(12)15/h1-2,6,8H,3-5,7,9-11H2. The fourth-order valence-corrected chi connectivity index (χ4v) is 2.37. The third-order valence-corrected chi connectivity index (χ3v) is 3.29. The Hall–Kier alpha value is -0.690. The maximum Gasteiger partial charge on any atom is 0.0398 e. The largest absolute Gasteiger partial charge is 0.371 e. The Bertz CT molecular complexity index is 311. The predicted molar refractivity (Wildman–Crippen MR) is 66.9 cm³/mol. The van der Waals surface area contributed by atoms with Gasteiger partial charge in [0.2, 0.25) is 0 Å². The van der Waals surface area contributed by atoms with Crippen LogP contribution in [0.3, 0.4) is 0 Å². The minimum atomic E-state index is 0.763. The van der Waals surface area contributed by atoms with Crippen molar-refractivity contribution in [3.05, 3.63) is 29.8 Å². The van der Waals surface area contributed by atoms with Gasteiger partial charge in [-0.3, -0.25) is 0 Å². The molecule has 0 saturated carbocycles. The third-order valence-electron chi connectivity index (χ3n) is 3.02. The Morgan fingerprint density at radius 1 is 1.20 bits per heavy atom. The highest BCUT2D eigenvalue weighted by atomic mass is 35.5. The molecule has 0 saturated heterocycles. The third kappa shape index (κ3) is 2.66. The lowest BCUT2D eigenvalue weighted by atomic mass is 10.1. The number of aryl methyl sites for hydroxylation is 1. The number of hydrogen-bond donors (Lipinski definition) is 0. The number of halogens is 1. The van der Waals surface area contributed by atoms with Gasteiger partial charge in [0, 0.05) is 24.7 Å². The van der Waals surface area contributed by atoms with E-state index in [0.29, 0.717) is 0 Å². The molecule has 2 heteroatoms. The van der Waals surface area contributed by atoms with Gasteiger partial charge in [-0.05, 0) is 37.3 Å². The topological polar surface area (TPSA) is 3.24 Å². The van der Waals surface area contributed by atoms with Gasteiger partial charge in [-0.15, -0.1) is 11.6 Å². The first-order valence-corrected chi connectivity index (χ1v) is 6.34. The number of benzene rings is 1. The summed E-state index contributed by atoms with van der Waals surface area (Å²) >= 11 is 5.76. The lowest BCUT2D eigenvalue weighted by molar-refractivity contribution is 0.706. The Morgan fingerprint density at radius 3 is 2.93 bits per heavy atom. The van der Waals surface area contributed by atoms with Gasteiger partial charge < -0.3 is 4.90 Å². The van der Waals surface area contributed by atoms with E-state index in [9.17, 15) is 0 Å². The fraction of sp³-hybridized carbons (Fsp3) is 0.538. The smallest absolute Gasteiger partial charge is 0.0398 e. The van der Waals surface area contributed by atoms with Crippen LogP contribution in [0.4, 0.5) is 5.69 Å². The van der Waals surface area contributed by atoms with E-state index in [1.807, 2.05) is 0 Å². The molecule has 2 rings (SSSR count). The van der Waals surface area contributed by atoms with Crippen LogP contribution in [0, 0.1) is 0 Å². The van der Waals surface area contributed by atoms with Crippen LogP contribution in [0.15, 0.2) is 24.3 Å². The minimum absolute atomic E-state index is 0.763. The maximum atomic E-state index is 5.76. The molecule has 82 valence electrons. The van der Waals surface area contributed by atoms with E-state index in [1.165, 1.54) is 37.1 Å². The van der Waals surface area contributed by atoms with E-state index in [2.05, 4.69) is 29.2 Å². The Morgan fingerprint density at radius 2 is 2.07 bits per heavy atom. The van der Waals surface area contributed by atoms with E-state index >= 15 is 0 Å². The van der Waals surface area contributed by atoms with Crippen LogP contribution >= 0.6 is 11.6 Å². The van der Waals surface area contributed by atoms with Crippen molar-refractivity contribution >= 4 is 17.3 Å². The van der Waals surface area contributed by atoms with Gasteiger partial charge in [-0.1, -0.05) is 18.2 Å². The van der Waals surface area contributed by atoms with Crippen molar-refractivity contribution in [3.8, 4) is 0 Å². The summed E-state index contributed by atoms with van der Waals surface area (Å²) in [4.78, 5) is 2.49.